The molecule has 0 spiro atoms. The lowest BCUT2D eigenvalue weighted by molar-refractivity contribution is -0.161. The molecular weight excluding hydrogens is 801 g/mol. The summed E-state index contributed by atoms with van der Waals surface area (Å²) in [5.41, 5.74) is 0. The highest BCUT2D eigenvalue weighted by Crippen LogP contribution is 2.18. The number of esters is 2. The van der Waals surface area contributed by atoms with Gasteiger partial charge in [-0.05, 0) is 44.9 Å². The molecule has 0 aromatic rings. The van der Waals surface area contributed by atoms with Crippen LogP contribution >= 0.6 is 0 Å². The van der Waals surface area contributed by atoms with E-state index >= 15 is 0 Å². The van der Waals surface area contributed by atoms with Gasteiger partial charge in [-0.25, -0.2) is 0 Å². The lowest BCUT2D eigenvalue weighted by atomic mass is 10.0. The maximum atomic E-state index is 12.2. The minimum atomic E-state index is -0.779. The monoisotopic (exact) mass is 913 g/mol. The van der Waals surface area contributed by atoms with E-state index in [0.29, 0.717) is 12.8 Å². The summed E-state index contributed by atoms with van der Waals surface area (Å²) in [5, 5.41) is 9.62. The number of unbranched alkanes of at least 4 members (excludes halogenated alkanes) is 40. The van der Waals surface area contributed by atoms with E-state index in [1.165, 1.54) is 218 Å². The van der Waals surface area contributed by atoms with Crippen LogP contribution in [0.25, 0.3) is 0 Å². The molecule has 0 bridgehead atoms. The number of allylic oxidation sites excluding steroid dienone is 6. The van der Waals surface area contributed by atoms with Crippen LogP contribution in [0.2, 0.25) is 0 Å². The summed E-state index contributed by atoms with van der Waals surface area (Å²) in [5.74, 6) is -0.597. The van der Waals surface area contributed by atoms with Gasteiger partial charge >= 0.3 is 11.9 Å². The molecular formula is C60H112O5. The zero-order chi connectivity index (χ0) is 47.0. The van der Waals surface area contributed by atoms with Crippen molar-refractivity contribution in [3.05, 3.63) is 36.5 Å². The fourth-order valence-corrected chi connectivity index (χ4v) is 8.87. The topological polar surface area (TPSA) is 72.8 Å². The summed E-state index contributed by atoms with van der Waals surface area (Å²) in [7, 11) is 0. The molecule has 1 N–H and O–H groups in total. The molecule has 0 aliphatic rings. The second-order valence-electron chi connectivity index (χ2n) is 19.7. The van der Waals surface area contributed by atoms with E-state index < -0.39 is 6.10 Å². The van der Waals surface area contributed by atoms with Crippen molar-refractivity contribution in [3.8, 4) is 0 Å². The molecule has 0 heterocycles. The van der Waals surface area contributed by atoms with Crippen LogP contribution in [0.15, 0.2) is 36.5 Å². The fraction of sp³-hybridized carbons (Fsp3) is 0.867. The average molecular weight is 914 g/mol. The van der Waals surface area contributed by atoms with Crippen molar-refractivity contribution < 1.29 is 24.2 Å². The van der Waals surface area contributed by atoms with Crippen molar-refractivity contribution in [2.24, 2.45) is 0 Å². The third kappa shape index (κ3) is 54.6. The predicted octanol–water partition coefficient (Wildman–Crippen LogP) is 19.5. The predicted molar refractivity (Wildman–Crippen MR) is 284 cm³/mol. The van der Waals surface area contributed by atoms with E-state index in [4.69, 9.17) is 9.47 Å². The van der Waals surface area contributed by atoms with Crippen LogP contribution in [0.1, 0.15) is 316 Å². The Morgan fingerprint density at radius 3 is 1.00 bits per heavy atom. The molecule has 0 amide bonds. The van der Waals surface area contributed by atoms with Gasteiger partial charge in [-0.2, -0.15) is 0 Å². The molecule has 0 aliphatic heterocycles. The number of hydrogen-bond donors (Lipinski definition) is 1. The van der Waals surface area contributed by atoms with Crippen LogP contribution in [0.5, 0.6) is 0 Å². The van der Waals surface area contributed by atoms with E-state index in [0.717, 1.165) is 70.6 Å². The fourth-order valence-electron chi connectivity index (χ4n) is 8.87. The van der Waals surface area contributed by atoms with E-state index in [9.17, 15) is 14.7 Å². The highest BCUT2D eigenvalue weighted by atomic mass is 16.6. The Kier molecular flexibility index (Phi) is 54.8. The van der Waals surface area contributed by atoms with E-state index in [2.05, 4.69) is 50.3 Å². The quantitative estimate of drug-likeness (QED) is 0.0374. The second-order valence-corrected chi connectivity index (χ2v) is 19.7. The molecule has 0 saturated carbocycles. The van der Waals surface area contributed by atoms with Crippen LogP contribution < -0.4 is 0 Å². The molecule has 0 aromatic heterocycles. The molecule has 382 valence electrons. The second kappa shape index (κ2) is 56.4. The number of carbonyl (C=O) groups excluding carboxylic acids is 2. The van der Waals surface area contributed by atoms with Gasteiger partial charge < -0.3 is 14.6 Å². The number of aliphatic hydroxyl groups excluding tert-OH is 1. The van der Waals surface area contributed by atoms with Crippen LogP contribution in [-0.2, 0) is 19.1 Å². The number of rotatable bonds is 54. The summed E-state index contributed by atoms with van der Waals surface area (Å²) < 4.78 is 10.7. The molecule has 0 saturated heterocycles. The van der Waals surface area contributed by atoms with Gasteiger partial charge in [0.15, 0.2) is 6.10 Å². The van der Waals surface area contributed by atoms with Crippen molar-refractivity contribution in [2.45, 2.75) is 322 Å². The van der Waals surface area contributed by atoms with Gasteiger partial charge in [0.25, 0.3) is 0 Å². The van der Waals surface area contributed by atoms with Crippen molar-refractivity contribution in [1.29, 1.82) is 0 Å². The zero-order valence-corrected chi connectivity index (χ0v) is 43.8. The highest BCUT2D eigenvalue weighted by Gasteiger charge is 2.16. The molecule has 65 heavy (non-hydrogen) atoms. The van der Waals surface area contributed by atoms with Crippen LogP contribution in [0, 0.1) is 0 Å². The molecule has 1 atom stereocenters. The highest BCUT2D eigenvalue weighted by molar-refractivity contribution is 5.70. The Balaban J connectivity index is 3.36. The minimum Gasteiger partial charge on any atom is -0.462 e. The van der Waals surface area contributed by atoms with Crippen LogP contribution in [0.3, 0.4) is 0 Å². The van der Waals surface area contributed by atoms with Crippen LogP contribution in [0.4, 0.5) is 0 Å². The van der Waals surface area contributed by atoms with Crippen molar-refractivity contribution in [2.75, 3.05) is 13.2 Å². The van der Waals surface area contributed by atoms with E-state index in [1.807, 2.05) is 0 Å². The van der Waals surface area contributed by atoms with Crippen molar-refractivity contribution in [1.82, 2.24) is 0 Å². The maximum absolute atomic E-state index is 12.2. The first kappa shape index (κ1) is 63.1. The molecule has 0 rings (SSSR count). The lowest BCUT2D eigenvalue weighted by Crippen LogP contribution is -2.28. The standard InChI is InChI=1S/C60H112O5/c1-3-5-7-9-11-13-15-17-19-20-21-22-23-24-25-26-27-28-29-30-31-32-33-34-35-36-37-38-39-41-42-44-46-48-50-52-54-59(62)64-57-58(56-61)65-60(63)55-53-51-49-47-45-43-40-18-16-14-12-10-8-6-4-2/h6,8,12,14,18,40,58,61H,3-5,7,9-11,13,15-17,19-39,41-57H2,1-2H3/b8-6-,14-12-,40-18-. The van der Waals surface area contributed by atoms with Gasteiger partial charge in [-0.1, -0.05) is 294 Å². The first-order chi connectivity index (χ1) is 32.1. The van der Waals surface area contributed by atoms with E-state index in [1.54, 1.807) is 0 Å². The molecule has 0 fully saturated rings. The van der Waals surface area contributed by atoms with Gasteiger partial charge in [0.2, 0.25) is 0 Å². The molecule has 0 aliphatic carbocycles. The number of hydrogen-bond acceptors (Lipinski definition) is 5. The summed E-state index contributed by atoms with van der Waals surface area (Å²) in [6.45, 7) is 4.05. The van der Waals surface area contributed by atoms with Gasteiger partial charge in [0, 0.05) is 12.8 Å². The summed E-state index contributed by atoms with van der Waals surface area (Å²) in [4.78, 5) is 24.4. The Morgan fingerprint density at radius 2 is 0.662 bits per heavy atom. The summed E-state index contributed by atoms with van der Waals surface area (Å²) in [6.07, 6.45) is 73.0. The molecule has 5 heteroatoms. The van der Waals surface area contributed by atoms with E-state index in [-0.39, 0.29) is 25.2 Å². The normalized spacial score (nSPS) is 12.4. The van der Waals surface area contributed by atoms with Crippen molar-refractivity contribution >= 4 is 11.9 Å². The number of ether oxygens (including phenoxy) is 2. The molecule has 0 radical (unpaired) electrons. The lowest BCUT2D eigenvalue weighted by Gasteiger charge is -2.15. The van der Waals surface area contributed by atoms with Crippen molar-refractivity contribution in [3.63, 3.8) is 0 Å². The largest absolute Gasteiger partial charge is 0.462 e. The minimum absolute atomic E-state index is 0.0695. The Labute approximate surface area is 406 Å². The average Bonchev–Trinajstić information content (AvgIpc) is 3.31. The third-order valence-electron chi connectivity index (χ3n) is 13.2. The maximum Gasteiger partial charge on any atom is 0.306 e. The Morgan fingerprint density at radius 1 is 0.369 bits per heavy atom. The first-order valence-corrected chi connectivity index (χ1v) is 29.0. The smallest absolute Gasteiger partial charge is 0.306 e. The number of aliphatic hydroxyl groups is 1. The van der Waals surface area contributed by atoms with Gasteiger partial charge in [0.05, 0.1) is 6.61 Å². The number of carbonyl (C=O) groups is 2. The molecule has 0 aromatic carbocycles. The van der Waals surface area contributed by atoms with Gasteiger partial charge in [0.1, 0.15) is 6.61 Å². The van der Waals surface area contributed by atoms with Gasteiger partial charge in [-0.15, -0.1) is 0 Å². The summed E-state index contributed by atoms with van der Waals surface area (Å²) >= 11 is 0. The Hall–Kier alpha value is -1.88. The Bertz CT molecular complexity index is 1030. The van der Waals surface area contributed by atoms with Crippen LogP contribution in [-0.4, -0.2) is 36.4 Å². The SMILES string of the molecule is CC/C=C\C/C=C\C/C=C\CCCCCCCC(=O)OC(CO)COC(=O)CCCCCCCCCCCCCCCCCCCCCCCCCCCCCCCCCCCCCC. The molecule has 5 nitrogen and oxygen atoms in total. The summed E-state index contributed by atoms with van der Waals surface area (Å²) in [6, 6.07) is 0. The van der Waals surface area contributed by atoms with Gasteiger partial charge in [-0.3, -0.25) is 9.59 Å². The third-order valence-corrected chi connectivity index (χ3v) is 13.2. The first-order valence-electron chi connectivity index (χ1n) is 29.0. The zero-order valence-electron chi connectivity index (χ0n) is 43.8. The molecule has 1 unspecified atom stereocenters.